The number of ether oxygens (including phenoxy) is 1. The predicted octanol–water partition coefficient (Wildman–Crippen LogP) is 4.78. The van der Waals surface area contributed by atoms with Gasteiger partial charge in [-0.2, -0.15) is 0 Å². The Morgan fingerprint density at radius 3 is 2.73 bits per heavy atom. The third kappa shape index (κ3) is 5.79. The topological polar surface area (TPSA) is 80.3 Å². The molecule has 0 saturated heterocycles. The van der Waals surface area contributed by atoms with Gasteiger partial charge in [0.15, 0.2) is 0 Å². The van der Waals surface area contributed by atoms with E-state index in [1.165, 1.54) is 16.2 Å². The molecule has 3 aromatic rings. The number of nitrogens with zero attached hydrogens (tertiary/aromatic N) is 1. The van der Waals surface area contributed by atoms with Gasteiger partial charge in [0.05, 0.1) is 18.6 Å². The Labute approximate surface area is 198 Å². The van der Waals surface area contributed by atoms with Gasteiger partial charge in [-0.15, -0.1) is 11.3 Å². The molecule has 0 spiro atoms. The van der Waals surface area contributed by atoms with Crippen LogP contribution in [-0.2, 0) is 30.6 Å². The molecule has 33 heavy (non-hydrogen) atoms. The Balaban J connectivity index is 1.50. The van der Waals surface area contributed by atoms with E-state index in [1.54, 1.807) is 12.4 Å². The highest BCUT2D eigenvalue weighted by molar-refractivity contribution is 7.17. The van der Waals surface area contributed by atoms with Gasteiger partial charge in [-0.3, -0.25) is 14.6 Å². The molecular weight excluding hydrogens is 434 g/mol. The number of amides is 2. The molecule has 0 radical (unpaired) electrons. The average Bonchev–Trinajstić information content (AvgIpc) is 3.16. The number of aromatic nitrogens is 1. The third-order valence-electron chi connectivity index (χ3n) is 5.77. The van der Waals surface area contributed by atoms with Gasteiger partial charge < -0.3 is 15.4 Å². The number of hydrogen-bond donors (Lipinski definition) is 2. The first-order valence-electron chi connectivity index (χ1n) is 11.4. The summed E-state index contributed by atoms with van der Waals surface area (Å²) in [7, 11) is 0. The molecule has 172 valence electrons. The van der Waals surface area contributed by atoms with Gasteiger partial charge in [0.2, 0.25) is 5.91 Å². The second-order valence-corrected chi connectivity index (χ2v) is 9.51. The van der Waals surface area contributed by atoms with E-state index >= 15 is 0 Å². The average molecular weight is 464 g/mol. The fourth-order valence-corrected chi connectivity index (χ4v) is 5.50. The second-order valence-electron chi connectivity index (χ2n) is 8.40. The van der Waals surface area contributed by atoms with Crippen LogP contribution in [0.15, 0.2) is 48.8 Å². The van der Waals surface area contributed by atoms with Crippen LogP contribution in [0.2, 0.25) is 0 Å². The fraction of sp³-hybridized carbons (Fsp3) is 0.346. The summed E-state index contributed by atoms with van der Waals surface area (Å²) in [6, 6.07) is 11.3. The zero-order valence-electron chi connectivity index (χ0n) is 19.0. The summed E-state index contributed by atoms with van der Waals surface area (Å²) in [5, 5.41) is 6.68. The summed E-state index contributed by atoms with van der Waals surface area (Å²) in [5.41, 5.74) is 3.53. The van der Waals surface area contributed by atoms with Crippen molar-refractivity contribution in [1.29, 1.82) is 0 Å². The normalized spacial score (nSPS) is 14.9. The molecule has 2 amide bonds. The molecule has 2 heterocycles. The largest absolute Gasteiger partial charge is 0.494 e. The third-order valence-corrected chi connectivity index (χ3v) is 6.94. The van der Waals surface area contributed by atoms with Crippen LogP contribution < -0.4 is 15.4 Å². The Morgan fingerprint density at radius 1 is 1.18 bits per heavy atom. The maximum atomic E-state index is 13.2. The zero-order valence-corrected chi connectivity index (χ0v) is 19.8. The first-order chi connectivity index (χ1) is 16.0. The van der Waals surface area contributed by atoms with Gasteiger partial charge in [-0.25, -0.2) is 0 Å². The van der Waals surface area contributed by atoms with E-state index in [0.29, 0.717) is 29.6 Å². The highest BCUT2D eigenvalue weighted by Crippen LogP contribution is 2.39. The molecule has 1 aliphatic rings. The van der Waals surface area contributed by atoms with Crippen molar-refractivity contribution in [2.75, 3.05) is 11.9 Å². The van der Waals surface area contributed by atoms with Crippen molar-refractivity contribution in [3.63, 3.8) is 0 Å². The summed E-state index contributed by atoms with van der Waals surface area (Å²) < 4.78 is 5.47. The number of hydrogen-bond acceptors (Lipinski definition) is 5. The molecule has 1 aliphatic carbocycles. The molecule has 0 bridgehead atoms. The van der Waals surface area contributed by atoms with Crippen molar-refractivity contribution in [1.82, 2.24) is 10.3 Å². The number of thiophene rings is 1. The molecule has 6 nitrogen and oxygen atoms in total. The number of benzene rings is 1. The molecule has 0 aliphatic heterocycles. The molecule has 0 saturated carbocycles. The lowest BCUT2D eigenvalue weighted by molar-refractivity contribution is -0.115. The van der Waals surface area contributed by atoms with E-state index < -0.39 is 0 Å². The van der Waals surface area contributed by atoms with Gasteiger partial charge in [0.25, 0.3) is 5.91 Å². The Bertz CT molecular complexity index is 1110. The quantitative estimate of drug-likeness (QED) is 0.504. The van der Waals surface area contributed by atoms with Crippen LogP contribution in [0.3, 0.4) is 0 Å². The Kier molecular flexibility index (Phi) is 7.40. The second kappa shape index (κ2) is 10.6. The van der Waals surface area contributed by atoms with Crippen LogP contribution in [0.25, 0.3) is 0 Å². The van der Waals surface area contributed by atoms with Crippen LogP contribution in [0.5, 0.6) is 5.75 Å². The zero-order chi connectivity index (χ0) is 23.2. The van der Waals surface area contributed by atoms with Crippen molar-refractivity contribution in [3.05, 3.63) is 75.9 Å². The summed E-state index contributed by atoms with van der Waals surface area (Å²) in [6.07, 6.45) is 6.54. The highest BCUT2D eigenvalue weighted by atomic mass is 32.1. The molecule has 1 unspecified atom stereocenters. The Morgan fingerprint density at radius 2 is 2.00 bits per heavy atom. The summed E-state index contributed by atoms with van der Waals surface area (Å²) in [5.74, 6) is 1.08. The van der Waals surface area contributed by atoms with Gasteiger partial charge in [-0.1, -0.05) is 25.1 Å². The van der Waals surface area contributed by atoms with Gasteiger partial charge in [0.1, 0.15) is 10.8 Å². The van der Waals surface area contributed by atoms with Gasteiger partial charge in [-0.05, 0) is 67.0 Å². The number of anilines is 1. The minimum absolute atomic E-state index is 0.132. The van der Waals surface area contributed by atoms with Crippen LogP contribution in [0.1, 0.15) is 52.2 Å². The smallest absolute Gasteiger partial charge is 0.254 e. The number of fused-ring (bicyclic) bond motifs is 1. The molecule has 2 N–H and O–H groups in total. The minimum Gasteiger partial charge on any atom is -0.494 e. The van der Waals surface area contributed by atoms with E-state index in [0.717, 1.165) is 41.7 Å². The van der Waals surface area contributed by atoms with Crippen LogP contribution in [0.4, 0.5) is 5.00 Å². The lowest BCUT2D eigenvalue weighted by Gasteiger charge is -2.18. The molecule has 1 atom stereocenters. The number of carbonyl (C=O) groups excluding carboxylic acids is 2. The van der Waals surface area contributed by atoms with Crippen LogP contribution in [0, 0.1) is 5.92 Å². The molecule has 2 aromatic heterocycles. The summed E-state index contributed by atoms with van der Waals surface area (Å²) in [4.78, 5) is 31.4. The van der Waals surface area contributed by atoms with Gasteiger partial charge in [0, 0.05) is 23.8 Å². The highest BCUT2D eigenvalue weighted by Gasteiger charge is 2.28. The van der Waals surface area contributed by atoms with Crippen molar-refractivity contribution in [2.24, 2.45) is 5.92 Å². The lowest BCUT2D eigenvalue weighted by Crippen LogP contribution is -2.26. The maximum Gasteiger partial charge on any atom is 0.254 e. The lowest BCUT2D eigenvalue weighted by atomic mass is 9.88. The summed E-state index contributed by atoms with van der Waals surface area (Å²) >= 11 is 1.54. The van der Waals surface area contributed by atoms with Crippen molar-refractivity contribution in [2.45, 2.75) is 46.1 Å². The van der Waals surface area contributed by atoms with Crippen LogP contribution >= 0.6 is 11.3 Å². The molecule has 0 fully saturated rings. The number of carbonyl (C=O) groups is 2. The van der Waals surface area contributed by atoms with Crippen LogP contribution in [-0.4, -0.2) is 23.4 Å². The SMILES string of the molecule is CCOc1ccc(CC(=O)Nc2sc3c(c2C(=O)NCc2cccnc2)CCC(C)C3)cc1. The van der Waals surface area contributed by atoms with Crippen molar-refractivity contribution in [3.8, 4) is 5.75 Å². The number of nitrogens with one attached hydrogen (secondary N) is 2. The van der Waals surface area contributed by atoms with E-state index in [-0.39, 0.29) is 18.2 Å². The maximum absolute atomic E-state index is 13.2. The van der Waals surface area contributed by atoms with E-state index in [1.807, 2.05) is 43.3 Å². The molecular formula is C26H29N3O3S. The minimum atomic E-state index is -0.151. The van der Waals surface area contributed by atoms with E-state index in [9.17, 15) is 9.59 Å². The number of pyridine rings is 1. The monoisotopic (exact) mass is 463 g/mol. The standard InChI is InChI=1S/C26H29N3O3S/c1-3-32-20-9-7-18(8-10-20)14-23(30)29-26-24(21-11-6-17(2)13-22(21)33-26)25(31)28-16-19-5-4-12-27-15-19/h4-5,7-10,12,15,17H,3,6,11,13-14,16H2,1-2H3,(H,28,31)(H,29,30). The first kappa shape index (κ1) is 23.0. The molecule has 7 heteroatoms. The van der Waals surface area contributed by atoms with Gasteiger partial charge >= 0.3 is 0 Å². The molecule has 4 rings (SSSR count). The van der Waals surface area contributed by atoms with E-state index in [4.69, 9.17) is 4.74 Å². The van der Waals surface area contributed by atoms with Crippen molar-refractivity contribution >= 4 is 28.2 Å². The summed E-state index contributed by atoms with van der Waals surface area (Å²) in [6.45, 7) is 5.17. The first-order valence-corrected chi connectivity index (χ1v) is 12.2. The fourth-order valence-electron chi connectivity index (χ4n) is 4.08. The molecule has 1 aromatic carbocycles. The number of rotatable bonds is 8. The van der Waals surface area contributed by atoms with Crippen molar-refractivity contribution < 1.29 is 14.3 Å². The van der Waals surface area contributed by atoms with E-state index in [2.05, 4.69) is 22.5 Å². The Hall–Kier alpha value is -3.19. The predicted molar refractivity (Wildman–Crippen MR) is 131 cm³/mol.